The zero-order valence-corrected chi connectivity index (χ0v) is 11.8. The number of amides is 1. The maximum Gasteiger partial charge on any atom is 0.264 e. The number of nitrogens with one attached hydrogen (secondary N) is 1. The van der Waals surface area contributed by atoms with Gasteiger partial charge in [-0.25, -0.2) is 13.1 Å². The second-order valence-corrected chi connectivity index (χ2v) is 6.25. The summed E-state index contributed by atoms with van der Waals surface area (Å²) in [4.78, 5) is 11.7. The highest BCUT2D eigenvalue weighted by Gasteiger charge is 2.17. The number of hydrogen-bond acceptors (Lipinski definition) is 4. The molecule has 1 unspecified atom stereocenters. The SMILES string of the molecule is CC(CCN)CCC(=O)NS(=O)(=O)c1ccccc1. The molecular weight excluding hydrogens is 264 g/mol. The molecule has 1 rings (SSSR count). The van der Waals surface area contributed by atoms with Gasteiger partial charge in [0.1, 0.15) is 0 Å². The Balaban J connectivity index is 2.53. The van der Waals surface area contributed by atoms with Crippen molar-refractivity contribution in [2.45, 2.75) is 31.1 Å². The Hall–Kier alpha value is -1.40. The minimum Gasteiger partial charge on any atom is -0.330 e. The van der Waals surface area contributed by atoms with Crippen molar-refractivity contribution in [1.29, 1.82) is 0 Å². The lowest BCUT2D eigenvalue weighted by Gasteiger charge is -2.10. The van der Waals surface area contributed by atoms with Gasteiger partial charge in [0.15, 0.2) is 0 Å². The van der Waals surface area contributed by atoms with Crippen LogP contribution in [0, 0.1) is 5.92 Å². The van der Waals surface area contributed by atoms with Crippen molar-refractivity contribution < 1.29 is 13.2 Å². The Morgan fingerprint density at radius 3 is 2.47 bits per heavy atom. The Bertz CT molecular complexity index is 500. The maximum atomic E-state index is 11.9. The molecule has 0 fully saturated rings. The van der Waals surface area contributed by atoms with E-state index < -0.39 is 15.9 Å². The highest BCUT2D eigenvalue weighted by molar-refractivity contribution is 7.90. The molecule has 6 heteroatoms. The molecule has 3 N–H and O–H groups in total. The Morgan fingerprint density at radius 1 is 1.26 bits per heavy atom. The van der Waals surface area contributed by atoms with Gasteiger partial charge in [0.05, 0.1) is 4.90 Å². The number of nitrogens with two attached hydrogens (primary N) is 1. The van der Waals surface area contributed by atoms with Crippen molar-refractivity contribution in [3.05, 3.63) is 30.3 Å². The minimum atomic E-state index is -3.74. The standard InChI is InChI=1S/C13H20N2O3S/c1-11(9-10-14)7-8-13(16)15-19(17,18)12-5-3-2-4-6-12/h2-6,11H,7-10,14H2,1H3,(H,15,16). The lowest BCUT2D eigenvalue weighted by atomic mass is 10.0. The van der Waals surface area contributed by atoms with E-state index in [0.717, 1.165) is 6.42 Å². The first-order valence-corrected chi connectivity index (χ1v) is 7.75. The number of sulfonamides is 1. The third-order valence-electron chi connectivity index (χ3n) is 2.83. The van der Waals surface area contributed by atoms with Gasteiger partial charge >= 0.3 is 0 Å². The van der Waals surface area contributed by atoms with Gasteiger partial charge in [-0.15, -0.1) is 0 Å². The lowest BCUT2D eigenvalue weighted by molar-refractivity contribution is -0.119. The fourth-order valence-corrected chi connectivity index (χ4v) is 2.70. The van der Waals surface area contributed by atoms with Crippen molar-refractivity contribution in [3.8, 4) is 0 Å². The highest BCUT2D eigenvalue weighted by Crippen LogP contribution is 2.11. The van der Waals surface area contributed by atoms with Crippen LogP contribution in [0.3, 0.4) is 0 Å². The van der Waals surface area contributed by atoms with Crippen molar-refractivity contribution in [2.75, 3.05) is 6.54 Å². The summed E-state index contributed by atoms with van der Waals surface area (Å²) in [5.41, 5.74) is 5.42. The molecule has 0 saturated carbocycles. The van der Waals surface area contributed by atoms with E-state index in [1.54, 1.807) is 18.2 Å². The molecule has 0 heterocycles. The number of benzene rings is 1. The van der Waals surface area contributed by atoms with Crippen LogP contribution < -0.4 is 10.5 Å². The van der Waals surface area contributed by atoms with E-state index >= 15 is 0 Å². The van der Waals surface area contributed by atoms with Crippen LogP contribution in [0.2, 0.25) is 0 Å². The van der Waals surface area contributed by atoms with Crippen LogP contribution in [0.1, 0.15) is 26.2 Å². The van der Waals surface area contributed by atoms with Crippen molar-refractivity contribution >= 4 is 15.9 Å². The lowest BCUT2D eigenvalue weighted by Crippen LogP contribution is -2.30. The van der Waals surface area contributed by atoms with Crippen LogP contribution in [0.5, 0.6) is 0 Å². The van der Waals surface area contributed by atoms with E-state index in [-0.39, 0.29) is 11.3 Å². The Morgan fingerprint density at radius 2 is 1.89 bits per heavy atom. The zero-order chi connectivity index (χ0) is 14.3. The quantitative estimate of drug-likeness (QED) is 0.788. The topological polar surface area (TPSA) is 89.3 Å². The van der Waals surface area contributed by atoms with Gasteiger partial charge in [-0.1, -0.05) is 25.1 Å². The molecule has 0 bridgehead atoms. The maximum absolute atomic E-state index is 11.9. The third-order valence-corrected chi connectivity index (χ3v) is 4.21. The van der Waals surface area contributed by atoms with Gasteiger partial charge in [-0.05, 0) is 37.4 Å². The van der Waals surface area contributed by atoms with Crippen molar-refractivity contribution in [1.82, 2.24) is 4.72 Å². The number of hydrogen-bond donors (Lipinski definition) is 2. The zero-order valence-electron chi connectivity index (χ0n) is 11.0. The molecule has 1 aromatic carbocycles. The summed E-state index contributed by atoms with van der Waals surface area (Å²) >= 11 is 0. The normalized spacial score (nSPS) is 12.9. The van der Waals surface area contributed by atoms with Crippen LogP contribution in [0.25, 0.3) is 0 Å². The van der Waals surface area contributed by atoms with Crippen LogP contribution in [-0.4, -0.2) is 20.9 Å². The van der Waals surface area contributed by atoms with Crippen LogP contribution in [-0.2, 0) is 14.8 Å². The van der Waals surface area contributed by atoms with Gasteiger partial charge in [-0.3, -0.25) is 4.79 Å². The number of rotatable bonds is 7. The van der Waals surface area contributed by atoms with E-state index in [2.05, 4.69) is 4.72 Å². The summed E-state index contributed by atoms with van der Waals surface area (Å²) in [5.74, 6) is -0.164. The first-order valence-electron chi connectivity index (χ1n) is 6.26. The Kier molecular flexibility index (Phi) is 5.98. The number of carbonyl (C=O) groups is 1. The van der Waals surface area contributed by atoms with Crippen LogP contribution in [0.15, 0.2) is 35.2 Å². The average molecular weight is 284 g/mol. The van der Waals surface area contributed by atoms with E-state index in [4.69, 9.17) is 5.73 Å². The van der Waals surface area contributed by atoms with E-state index in [1.165, 1.54) is 12.1 Å². The predicted octanol–water partition coefficient (Wildman–Crippen LogP) is 1.26. The minimum absolute atomic E-state index is 0.0957. The molecule has 19 heavy (non-hydrogen) atoms. The summed E-state index contributed by atoms with van der Waals surface area (Å²) in [6, 6.07) is 7.85. The molecule has 0 aromatic heterocycles. The van der Waals surface area contributed by atoms with Gasteiger partial charge < -0.3 is 5.73 Å². The third kappa shape index (κ3) is 5.40. The summed E-state index contributed by atoms with van der Waals surface area (Å²) in [6.45, 7) is 2.57. The smallest absolute Gasteiger partial charge is 0.264 e. The number of carbonyl (C=O) groups excluding carboxylic acids is 1. The van der Waals surface area contributed by atoms with Crippen molar-refractivity contribution in [2.24, 2.45) is 11.7 Å². The van der Waals surface area contributed by atoms with E-state index in [9.17, 15) is 13.2 Å². The van der Waals surface area contributed by atoms with Crippen LogP contribution >= 0.6 is 0 Å². The fraction of sp³-hybridized carbons (Fsp3) is 0.462. The molecule has 106 valence electrons. The molecule has 0 spiro atoms. The molecule has 0 aliphatic rings. The first-order chi connectivity index (χ1) is 8.95. The van der Waals surface area contributed by atoms with E-state index in [0.29, 0.717) is 18.9 Å². The van der Waals surface area contributed by atoms with Gasteiger partial charge in [0.25, 0.3) is 10.0 Å². The second kappa shape index (κ2) is 7.25. The molecule has 0 aliphatic carbocycles. The van der Waals surface area contributed by atoms with Crippen LogP contribution in [0.4, 0.5) is 0 Å². The monoisotopic (exact) mass is 284 g/mol. The van der Waals surface area contributed by atoms with Gasteiger partial charge in [0, 0.05) is 6.42 Å². The van der Waals surface area contributed by atoms with Gasteiger partial charge in [-0.2, -0.15) is 0 Å². The summed E-state index contributed by atoms with van der Waals surface area (Å²) in [5, 5.41) is 0. The second-order valence-electron chi connectivity index (χ2n) is 4.56. The molecular formula is C13H20N2O3S. The molecule has 0 radical (unpaired) electrons. The highest BCUT2D eigenvalue weighted by atomic mass is 32.2. The molecule has 1 aromatic rings. The van der Waals surface area contributed by atoms with E-state index in [1.807, 2.05) is 6.92 Å². The summed E-state index contributed by atoms with van der Waals surface area (Å²) in [6.07, 6.45) is 1.65. The predicted molar refractivity (Wildman–Crippen MR) is 73.8 cm³/mol. The molecule has 1 amide bonds. The molecule has 1 atom stereocenters. The molecule has 0 aliphatic heterocycles. The van der Waals surface area contributed by atoms with Gasteiger partial charge in [0.2, 0.25) is 5.91 Å². The summed E-state index contributed by atoms with van der Waals surface area (Å²) in [7, 11) is -3.74. The largest absolute Gasteiger partial charge is 0.330 e. The first kappa shape index (κ1) is 15.7. The fourth-order valence-electron chi connectivity index (χ4n) is 1.67. The van der Waals surface area contributed by atoms with Crippen molar-refractivity contribution in [3.63, 3.8) is 0 Å². The summed E-state index contributed by atoms with van der Waals surface area (Å²) < 4.78 is 25.8. The average Bonchev–Trinajstić information content (AvgIpc) is 2.37. The molecule has 0 saturated heterocycles. The Labute approximate surface area is 114 Å². The molecule has 5 nitrogen and oxygen atoms in total.